The van der Waals surface area contributed by atoms with E-state index >= 15 is 0 Å². The molecule has 0 amide bonds. The van der Waals surface area contributed by atoms with Gasteiger partial charge in [-0.25, -0.2) is 0 Å². The summed E-state index contributed by atoms with van der Waals surface area (Å²) in [6, 6.07) is 0. The number of fused-ring (bicyclic) bond motifs is 1. The van der Waals surface area contributed by atoms with Crippen LogP contribution < -0.4 is 0 Å². The summed E-state index contributed by atoms with van der Waals surface area (Å²) in [5.41, 5.74) is 4.31. The monoisotopic (exact) mass is 416 g/mol. The second kappa shape index (κ2) is 12.6. The van der Waals surface area contributed by atoms with Crippen molar-refractivity contribution >= 4 is 11.6 Å². The molecule has 2 rings (SSSR count). The summed E-state index contributed by atoms with van der Waals surface area (Å²) in [5, 5.41) is 9.49. The lowest BCUT2D eigenvalue weighted by molar-refractivity contribution is -0.153. The topological polar surface area (TPSA) is 72.8 Å². The number of ether oxygens (including phenoxy) is 2. The Kier molecular flexibility index (Phi) is 10.9. The molecule has 3 atom stereocenters. The number of Topliss-reactive ketones (excluding diaryl/α,β-unsaturated/α-hetero) is 2. The van der Waals surface area contributed by atoms with Crippen LogP contribution in [0.15, 0.2) is 59.8 Å². The maximum absolute atomic E-state index is 11.8. The number of hydrogen-bond donors (Lipinski definition) is 1. The van der Waals surface area contributed by atoms with Crippen LogP contribution in [0, 0.1) is 5.92 Å². The number of carbonyl (C=O) groups is 2. The first-order chi connectivity index (χ1) is 14.0. The van der Waals surface area contributed by atoms with Gasteiger partial charge in [-0.15, -0.1) is 13.2 Å². The minimum Gasteiger partial charge on any atom is -0.392 e. The standard InChI is InChI=1S/C16H22O4.C9H14O/c1-10(2)4-5-19-16-7-12(9-17)13-8-14(18)11(3)6-15(13)20-16;1-7(2)5-6-9(10)8(3)4/h6-7,13,15-17H,1,4-5,8-9H2,2-3H3;1,3,5-6H2,2,4H3. The molecule has 166 valence electrons. The molecule has 3 unspecified atom stereocenters. The molecule has 0 saturated heterocycles. The molecule has 5 heteroatoms. The van der Waals surface area contributed by atoms with Gasteiger partial charge in [-0.1, -0.05) is 17.7 Å². The Morgan fingerprint density at radius 3 is 2.30 bits per heavy atom. The lowest BCUT2D eigenvalue weighted by Gasteiger charge is -2.36. The van der Waals surface area contributed by atoms with Gasteiger partial charge in [0.05, 0.1) is 19.3 Å². The molecule has 1 aliphatic carbocycles. The SMILES string of the molecule is C=C(C)CCC(=O)C(=C)C.C=C(C)CCOC1C=C(CO)C2CC(=O)C(C)=CC2O1. The molecular formula is C25H36O5. The Balaban J connectivity index is 0.000000382. The summed E-state index contributed by atoms with van der Waals surface area (Å²) < 4.78 is 11.5. The Bertz CT molecular complexity index is 741. The zero-order valence-electron chi connectivity index (χ0n) is 18.8. The minimum absolute atomic E-state index is 0.0582. The molecule has 1 aliphatic heterocycles. The van der Waals surface area contributed by atoms with E-state index in [1.54, 1.807) is 19.9 Å². The van der Waals surface area contributed by atoms with Crippen molar-refractivity contribution in [2.75, 3.05) is 13.2 Å². The van der Waals surface area contributed by atoms with Crippen molar-refractivity contribution in [3.05, 3.63) is 59.8 Å². The van der Waals surface area contributed by atoms with E-state index in [1.165, 1.54) is 0 Å². The van der Waals surface area contributed by atoms with Crippen LogP contribution >= 0.6 is 0 Å². The molecule has 0 aromatic heterocycles. The highest BCUT2D eigenvalue weighted by atomic mass is 16.7. The first-order valence-corrected chi connectivity index (χ1v) is 10.3. The van der Waals surface area contributed by atoms with E-state index in [0.29, 0.717) is 25.0 Å². The molecule has 0 spiro atoms. The van der Waals surface area contributed by atoms with E-state index in [4.69, 9.17) is 9.47 Å². The maximum Gasteiger partial charge on any atom is 0.177 e. The van der Waals surface area contributed by atoms with E-state index in [1.807, 2.05) is 19.9 Å². The number of aliphatic hydroxyl groups is 1. The van der Waals surface area contributed by atoms with E-state index < -0.39 is 6.29 Å². The van der Waals surface area contributed by atoms with Gasteiger partial charge in [0, 0.05) is 18.8 Å². The Hall–Kier alpha value is -2.08. The van der Waals surface area contributed by atoms with E-state index in [-0.39, 0.29) is 30.2 Å². The van der Waals surface area contributed by atoms with Gasteiger partial charge in [0.1, 0.15) is 0 Å². The van der Waals surface area contributed by atoms with Crippen molar-refractivity contribution in [2.45, 2.75) is 65.8 Å². The van der Waals surface area contributed by atoms with Gasteiger partial charge >= 0.3 is 0 Å². The number of carbonyl (C=O) groups excluding carboxylic acids is 2. The van der Waals surface area contributed by atoms with Crippen LogP contribution in [0.25, 0.3) is 0 Å². The van der Waals surface area contributed by atoms with Gasteiger partial charge < -0.3 is 14.6 Å². The number of hydrogen-bond acceptors (Lipinski definition) is 5. The van der Waals surface area contributed by atoms with Crippen molar-refractivity contribution in [3.8, 4) is 0 Å². The van der Waals surface area contributed by atoms with E-state index in [0.717, 1.165) is 35.1 Å². The van der Waals surface area contributed by atoms with Gasteiger partial charge in [-0.05, 0) is 69.4 Å². The minimum atomic E-state index is -0.463. The third kappa shape index (κ3) is 8.74. The Labute approximate surface area is 180 Å². The van der Waals surface area contributed by atoms with Gasteiger partial charge in [0.15, 0.2) is 17.9 Å². The number of rotatable bonds is 9. The van der Waals surface area contributed by atoms with Gasteiger partial charge in [-0.2, -0.15) is 0 Å². The number of ketones is 2. The lowest BCUT2D eigenvalue weighted by Crippen LogP contribution is -2.39. The molecule has 0 fully saturated rings. The summed E-state index contributed by atoms with van der Waals surface area (Å²) in [4.78, 5) is 22.7. The molecule has 0 aromatic rings. The molecule has 2 aliphatic rings. The quantitative estimate of drug-likeness (QED) is 0.438. The molecule has 5 nitrogen and oxygen atoms in total. The van der Waals surface area contributed by atoms with Crippen LogP contribution in [0.2, 0.25) is 0 Å². The van der Waals surface area contributed by atoms with Crippen molar-refractivity contribution in [3.63, 3.8) is 0 Å². The molecule has 0 aromatic carbocycles. The average Bonchev–Trinajstić information content (AvgIpc) is 2.66. The average molecular weight is 417 g/mol. The molecule has 1 N–H and O–H groups in total. The molecule has 1 heterocycles. The van der Waals surface area contributed by atoms with Crippen LogP contribution in [0.5, 0.6) is 0 Å². The highest BCUT2D eigenvalue weighted by Gasteiger charge is 2.36. The Morgan fingerprint density at radius 2 is 1.77 bits per heavy atom. The highest BCUT2D eigenvalue weighted by Crippen LogP contribution is 2.34. The van der Waals surface area contributed by atoms with E-state index in [2.05, 4.69) is 19.7 Å². The fourth-order valence-electron chi connectivity index (χ4n) is 3.05. The predicted octanol–water partition coefficient (Wildman–Crippen LogP) is 4.64. The maximum atomic E-state index is 11.8. The molecule has 0 bridgehead atoms. The second-order valence-corrected chi connectivity index (χ2v) is 8.19. The highest BCUT2D eigenvalue weighted by molar-refractivity contribution is 5.96. The molecule has 0 radical (unpaired) electrons. The first kappa shape index (κ1) is 26.0. The molecule has 0 saturated carbocycles. The van der Waals surface area contributed by atoms with Gasteiger partial charge in [-0.3, -0.25) is 9.59 Å². The van der Waals surface area contributed by atoms with Gasteiger partial charge in [0.25, 0.3) is 0 Å². The van der Waals surface area contributed by atoms with E-state index in [9.17, 15) is 14.7 Å². The largest absolute Gasteiger partial charge is 0.392 e. The third-order valence-corrected chi connectivity index (χ3v) is 5.02. The number of aliphatic hydroxyl groups excluding tert-OH is 1. The van der Waals surface area contributed by atoms with Crippen molar-refractivity contribution in [2.24, 2.45) is 5.92 Å². The summed E-state index contributed by atoms with van der Waals surface area (Å²) in [7, 11) is 0. The first-order valence-electron chi connectivity index (χ1n) is 10.3. The number of allylic oxidation sites excluding steroid dienone is 3. The lowest BCUT2D eigenvalue weighted by atomic mass is 9.80. The second-order valence-electron chi connectivity index (χ2n) is 8.19. The third-order valence-electron chi connectivity index (χ3n) is 5.02. The summed E-state index contributed by atoms with van der Waals surface area (Å²) >= 11 is 0. The predicted molar refractivity (Wildman–Crippen MR) is 120 cm³/mol. The van der Waals surface area contributed by atoms with Crippen molar-refractivity contribution in [1.29, 1.82) is 0 Å². The zero-order chi connectivity index (χ0) is 22.8. The molecular weight excluding hydrogens is 380 g/mol. The summed E-state index contributed by atoms with van der Waals surface area (Å²) in [6.07, 6.45) is 5.51. The van der Waals surface area contributed by atoms with Gasteiger partial charge in [0.2, 0.25) is 0 Å². The summed E-state index contributed by atoms with van der Waals surface area (Å²) in [5.74, 6) is 0.205. The Morgan fingerprint density at radius 1 is 1.13 bits per heavy atom. The zero-order valence-corrected chi connectivity index (χ0v) is 18.8. The van der Waals surface area contributed by atoms with Crippen molar-refractivity contribution in [1.82, 2.24) is 0 Å². The smallest absolute Gasteiger partial charge is 0.177 e. The van der Waals surface area contributed by atoms with Crippen LogP contribution in [0.3, 0.4) is 0 Å². The van der Waals surface area contributed by atoms with Crippen LogP contribution in [0.1, 0.15) is 53.4 Å². The fourth-order valence-corrected chi connectivity index (χ4v) is 3.05. The van der Waals surface area contributed by atoms with Crippen LogP contribution in [-0.2, 0) is 19.1 Å². The normalized spacial score (nSPS) is 22.7. The molecule has 30 heavy (non-hydrogen) atoms. The van der Waals surface area contributed by atoms with Crippen LogP contribution in [-0.4, -0.2) is 42.3 Å². The summed E-state index contributed by atoms with van der Waals surface area (Å²) in [6.45, 7) is 19.0. The van der Waals surface area contributed by atoms with Crippen molar-refractivity contribution < 1.29 is 24.2 Å². The van der Waals surface area contributed by atoms with Crippen LogP contribution in [0.4, 0.5) is 0 Å². The fraction of sp³-hybridized carbons (Fsp3) is 0.520.